The highest BCUT2D eigenvalue weighted by atomic mass is 32.2. The Kier molecular flexibility index (Phi) is 5.05. The molecule has 27 heavy (non-hydrogen) atoms. The van der Waals surface area contributed by atoms with Gasteiger partial charge in [0.05, 0.1) is 18.1 Å². The third-order valence-electron chi connectivity index (χ3n) is 5.38. The van der Waals surface area contributed by atoms with Gasteiger partial charge in [-0.05, 0) is 43.5 Å². The summed E-state index contributed by atoms with van der Waals surface area (Å²) in [5, 5.41) is 27.4. The normalized spacial score (nSPS) is 32.4. The van der Waals surface area contributed by atoms with Crippen molar-refractivity contribution in [1.82, 2.24) is 5.32 Å². The number of nitrogens with zero attached hydrogens (tertiary/aromatic N) is 2. The molecule has 146 valence electrons. The summed E-state index contributed by atoms with van der Waals surface area (Å²) in [5.41, 5.74) is 2.00. The minimum absolute atomic E-state index is 0.0299. The summed E-state index contributed by atoms with van der Waals surface area (Å²) in [4.78, 5) is 19.2. The van der Waals surface area contributed by atoms with E-state index >= 15 is 0 Å². The van der Waals surface area contributed by atoms with E-state index in [0.717, 1.165) is 24.2 Å². The summed E-state index contributed by atoms with van der Waals surface area (Å²) in [5.74, 6) is -0.379. The van der Waals surface area contributed by atoms with Crippen molar-refractivity contribution in [2.45, 2.75) is 48.8 Å². The fourth-order valence-corrected chi connectivity index (χ4v) is 4.99. The Balaban J connectivity index is 1.47. The summed E-state index contributed by atoms with van der Waals surface area (Å²) in [6, 6.07) is 7.78. The molecule has 4 N–H and O–H groups in total. The number of carbonyl (C=O) groups excluding carboxylic acids is 1. The molecule has 0 aromatic heterocycles. The standard InChI is InChI=1S/C19H26N4O3S/c1-23(2)12-7-5-11(6-8-12)21-19-22-15-16(25)14(24)9-13(17(15)27-19)18(26)20-10-3-4-10/h5-8,10,13-17,24-25H,3-4,9H2,1-2H3,(H,20,26)(H,21,22)/t13-,14+,15-,16-,17+/m0/s1. The van der Waals surface area contributed by atoms with Crippen molar-refractivity contribution in [2.24, 2.45) is 10.9 Å². The maximum Gasteiger partial charge on any atom is 0.224 e. The van der Waals surface area contributed by atoms with Gasteiger partial charge >= 0.3 is 0 Å². The number of aliphatic hydroxyl groups excluding tert-OH is 2. The molecule has 5 atom stereocenters. The van der Waals surface area contributed by atoms with Crippen LogP contribution < -0.4 is 15.5 Å². The van der Waals surface area contributed by atoms with Crippen LogP contribution in [0.3, 0.4) is 0 Å². The van der Waals surface area contributed by atoms with Crippen molar-refractivity contribution >= 4 is 34.2 Å². The Hall–Kier alpha value is -1.77. The molecule has 1 aromatic carbocycles. The Morgan fingerprint density at radius 1 is 1.22 bits per heavy atom. The Bertz CT molecular complexity index is 735. The Labute approximate surface area is 163 Å². The molecule has 2 saturated carbocycles. The van der Waals surface area contributed by atoms with Gasteiger partial charge in [-0.2, -0.15) is 0 Å². The Morgan fingerprint density at radius 2 is 1.93 bits per heavy atom. The number of amides is 1. The number of thioether (sulfide) groups is 1. The number of carbonyl (C=O) groups is 1. The second-order valence-corrected chi connectivity index (χ2v) is 8.92. The predicted octanol–water partition coefficient (Wildman–Crippen LogP) is 1.02. The van der Waals surface area contributed by atoms with Crippen LogP contribution in [0.1, 0.15) is 19.3 Å². The highest BCUT2D eigenvalue weighted by molar-refractivity contribution is 8.15. The summed E-state index contributed by atoms with van der Waals surface area (Å²) in [7, 11) is 3.98. The van der Waals surface area contributed by atoms with Gasteiger partial charge in [0, 0.05) is 36.8 Å². The molecule has 0 saturated heterocycles. The highest BCUT2D eigenvalue weighted by Crippen LogP contribution is 2.41. The maximum absolute atomic E-state index is 12.6. The van der Waals surface area contributed by atoms with Gasteiger partial charge in [0.25, 0.3) is 0 Å². The summed E-state index contributed by atoms with van der Waals surface area (Å²) < 4.78 is 0. The molecule has 7 nitrogen and oxygen atoms in total. The van der Waals surface area contributed by atoms with Gasteiger partial charge in [-0.1, -0.05) is 11.8 Å². The summed E-state index contributed by atoms with van der Waals surface area (Å²) in [6.45, 7) is 0. The molecule has 1 aliphatic heterocycles. The summed E-state index contributed by atoms with van der Waals surface area (Å²) in [6.07, 6.45) is 0.454. The molecule has 1 aromatic rings. The number of amidine groups is 1. The molecule has 1 heterocycles. The molecular weight excluding hydrogens is 364 g/mol. The van der Waals surface area contributed by atoms with E-state index < -0.39 is 18.2 Å². The second-order valence-electron chi connectivity index (χ2n) is 7.76. The molecule has 0 bridgehead atoms. The third kappa shape index (κ3) is 3.93. The number of fused-ring (bicyclic) bond motifs is 1. The first kappa shape index (κ1) is 18.6. The zero-order valence-corrected chi connectivity index (χ0v) is 16.3. The van der Waals surface area contributed by atoms with E-state index in [9.17, 15) is 15.0 Å². The molecular formula is C19H26N4O3S. The Morgan fingerprint density at radius 3 is 2.56 bits per heavy atom. The minimum Gasteiger partial charge on any atom is -0.390 e. The van der Waals surface area contributed by atoms with Crippen molar-refractivity contribution in [3.63, 3.8) is 0 Å². The van der Waals surface area contributed by atoms with Crippen molar-refractivity contribution in [1.29, 1.82) is 0 Å². The topological polar surface area (TPSA) is 97.2 Å². The van der Waals surface area contributed by atoms with Crippen molar-refractivity contribution in [3.8, 4) is 0 Å². The zero-order valence-electron chi connectivity index (χ0n) is 15.5. The first-order valence-corrected chi connectivity index (χ1v) is 10.3. The maximum atomic E-state index is 12.6. The van der Waals surface area contributed by atoms with E-state index in [4.69, 9.17) is 0 Å². The van der Waals surface area contributed by atoms with E-state index in [1.54, 1.807) is 0 Å². The fourth-order valence-electron chi connectivity index (χ4n) is 3.61. The van der Waals surface area contributed by atoms with Gasteiger partial charge in [0.1, 0.15) is 6.10 Å². The number of anilines is 2. The van der Waals surface area contributed by atoms with Crippen LogP contribution in [0, 0.1) is 5.92 Å². The number of rotatable bonds is 4. The number of aliphatic hydroxyl groups is 2. The molecule has 1 amide bonds. The first-order valence-electron chi connectivity index (χ1n) is 9.38. The van der Waals surface area contributed by atoms with Gasteiger partial charge in [-0.25, -0.2) is 0 Å². The molecule has 0 radical (unpaired) electrons. The van der Waals surface area contributed by atoms with Gasteiger partial charge in [-0.3, -0.25) is 9.79 Å². The van der Waals surface area contributed by atoms with Crippen molar-refractivity contribution in [3.05, 3.63) is 24.3 Å². The second kappa shape index (κ2) is 7.33. The quantitative estimate of drug-likeness (QED) is 0.613. The molecule has 0 spiro atoms. The van der Waals surface area contributed by atoms with Crippen molar-refractivity contribution < 1.29 is 15.0 Å². The number of aliphatic imine (C=N–C) groups is 1. The van der Waals surface area contributed by atoms with Gasteiger partial charge < -0.3 is 25.7 Å². The molecule has 2 fully saturated rings. The zero-order chi connectivity index (χ0) is 19.1. The van der Waals surface area contributed by atoms with E-state index in [2.05, 4.69) is 15.6 Å². The SMILES string of the molecule is CN(C)c1ccc(NC2=N[C@H]3[C@@H](O)[C@H](O)C[C@H](C(=O)NC4CC4)[C@H]3S2)cc1. The molecule has 8 heteroatoms. The number of nitrogens with one attached hydrogen (secondary N) is 2. The lowest BCUT2D eigenvalue weighted by molar-refractivity contribution is -0.129. The van der Waals surface area contributed by atoms with Crippen LogP contribution in [-0.4, -0.2) is 64.9 Å². The largest absolute Gasteiger partial charge is 0.390 e. The number of benzene rings is 1. The third-order valence-corrected chi connectivity index (χ3v) is 6.69. The molecule has 0 unspecified atom stereocenters. The van der Waals surface area contributed by atoms with Gasteiger partial charge in [0.2, 0.25) is 5.91 Å². The van der Waals surface area contributed by atoms with Crippen LogP contribution in [0.5, 0.6) is 0 Å². The average molecular weight is 391 g/mol. The van der Waals surface area contributed by atoms with Crippen LogP contribution in [0.25, 0.3) is 0 Å². The van der Waals surface area contributed by atoms with E-state index in [-0.39, 0.29) is 29.5 Å². The average Bonchev–Trinajstić information content (AvgIpc) is 3.35. The number of hydrogen-bond donors (Lipinski definition) is 4. The fraction of sp³-hybridized carbons (Fsp3) is 0.579. The van der Waals surface area contributed by atoms with Crippen LogP contribution in [-0.2, 0) is 4.79 Å². The minimum atomic E-state index is -0.942. The first-order chi connectivity index (χ1) is 12.9. The van der Waals surface area contributed by atoms with Crippen LogP contribution >= 0.6 is 11.8 Å². The van der Waals surface area contributed by atoms with Gasteiger partial charge in [0.15, 0.2) is 5.17 Å². The predicted molar refractivity (Wildman–Crippen MR) is 108 cm³/mol. The smallest absolute Gasteiger partial charge is 0.224 e. The molecule has 2 aliphatic carbocycles. The lowest BCUT2D eigenvalue weighted by Gasteiger charge is -2.37. The van der Waals surface area contributed by atoms with Crippen molar-refractivity contribution in [2.75, 3.05) is 24.3 Å². The monoisotopic (exact) mass is 390 g/mol. The lowest BCUT2D eigenvalue weighted by Crippen LogP contribution is -2.54. The molecule has 4 rings (SSSR count). The highest BCUT2D eigenvalue weighted by Gasteiger charge is 2.50. The van der Waals surface area contributed by atoms with Crippen LogP contribution in [0.4, 0.5) is 11.4 Å². The van der Waals surface area contributed by atoms with Crippen LogP contribution in [0.2, 0.25) is 0 Å². The van der Waals surface area contributed by atoms with E-state index in [1.165, 1.54) is 11.8 Å². The van der Waals surface area contributed by atoms with Gasteiger partial charge in [-0.15, -0.1) is 0 Å². The lowest BCUT2D eigenvalue weighted by atomic mass is 9.81. The number of hydrogen-bond acceptors (Lipinski definition) is 7. The van der Waals surface area contributed by atoms with E-state index in [1.807, 2.05) is 43.3 Å². The summed E-state index contributed by atoms with van der Waals surface area (Å²) >= 11 is 1.49. The van der Waals surface area contributed by atoms with Crippen LogP contribution in [0.15, 0.2) is 29.3 Å². The molecule has 3 aliphatic rings. The van der Waals surface area contributed by atoms with E-state index in [0.29, 0.717) is 5.17 Å².